The Bertz CT molecular complexity index is 1240. The molecule has 34 heavy (non-hydrogen) atoms. The predicted molar refractivity (Wildman–Crippen MR) is 109 cm³/mol. The molecule has 0 spiro atoms. The Morgan fingerprint density at radius 1 is 1.15 bits per heavy atom. The van der Waals surface area contributed by atoms with Gasteiger partial charge in [0.15, 0.2) is 6.04 Å². The monoisotopic (exact) mass is 487 g/mol. The van der Waals surface area contributed by atoms with Gasteiger partial charge in [-0.2, -0.15) is 13.2 Å². The van der Waals surface area contributed by atoms with E-state index in [1.54, 1.807) is 0 Å². The normalized spacial score (nSPS) is 15.8. The average molecular weight is 487 g/mol. The van der Waals surface area contributed by atoms with Crippen LogP contribution < -0.4 is 17.0 Å². The van der Waals surface area contributed by atoms with Crippen LogP contribution in [0, 0.1) is 5.82 Å². The second-order valence-electron chi connectivity index (χ2n) is 8.01. The quantitative estimate of drug-likeness (QED) is 0.321. The first-order valence-electron chi connectivity index (χ1n) is 10.3. The molecule has 1 unspecified atom stereocenters. The third kappa shape index (κ3) is 4.74. The molecule has 1 aromatic carbocycles. The maximum Gasteiger partial charge on any atom is 0.416 e. The summed E-state index contributed by atoms with van der Waals surface area (Å²) >= 11 is 0. The number of carbonyl (C=O) groups excluding carboxylic acids is 1. The van der Waals surface area contributed by atoms with Crippen LogP contribution in [-0.4, -0.2) is 37.1 Å². The minimum atomic E-state index is -5.02. The van der Waals surface area contributed by atoms with E-state index in [1.165, 1.54) is 0 Å². The number of aromatic nitrogens is 2. The smallest absolute Gasteiger partial charge is 0.416 e. The number of hydrogen-bond acceptors (Lipinski definition) is 6. The molecule has 4 N–H and O–H groups in total. The molecule has 1 saturated carbocycles. The van der Waals surface area contributed by atoms with Crippen molar-refractivity contribution in [1.82, 2.24) is 9.13 Å². The van der Waals surface area contributed by atoms with E-state index in [2.05, 4.69) is 0 Å². The highest BCUT2D eigenvalue weighted by molar-refractivity contribution is 6.12. The molecule has 1 aliphatic rings. The highest BCUT2D eigenvalue weighted by Crippen LogP contribution is 2.33. The third-order valence-electron chi connectivity index (χ3n) is 5.79. The van der Waals surface area contributed by atoms with Gasteiger partial charge >= 0.3 is 17.8 Å². The molecular formula is C21H21F4N3O6. The summed E-state index contributed by atoms with van der Waals surface area (Å²) in [7, 11) is 0. The largest absolute Gasteiger partial charge is 0.494 e. The molecular weight excluding hydrogens is 466 g/mol. The fourth-order valence-corrected chi connectivity index (χ4v) is 4.07. The Morgan fingerprint density at radius 2 is 1.76 bits per heavy atom. The van der Waals surface area contributed by atoms with E-state index < -0.39 is 76.2 Å². The lowest BCUT2D eigenvalue weighted by Crippen LogP contribution is -2.48. The van der Waals surface area contributed by atoms with Crippen LogP contribution in [0.15, 0.2) is 27.8 Å². The number of rotatable bonds is 6. The molecule has 1 aliphatic carbocycles. The summed E-state index contributed by atoms with van der Waals surface area (Å²) in [5.74, 6) is -5.61. The molecule has 0 aliphatic heterocycles. The number of carboxylic acid groups (broad SMARTS) is 1. The maximum atomic E-state index is 13.5. The number of carbonyl (C=O) groups is 2. The lowest BCUT2D eigenvalue weighted by atomic mass is 9.95. The van der Waals surface area contributed by atoms with Crippen LogP contribution >= 0.6 is 0 Å². The Kier molecular flexibility index (Phi) is 6.96. The number of aromatic hydroxyl groups is 1. The van der Waals surface area contributed by atoms with Gasteiger partial charge in [-0.1, -0.05) is 25.3 Å². The van der Waals surface area contributed by atoms with Crippen molar-refractivity contribution < 1.29 is 37.4 Å². The summed E-state index contributed by atoms with van der Waals surface area (Å²) in [4.78, 5) is 50.0. The van der Waals surface area contributed by atoms with Gasteiger partial charge < -0.3 is 15.9 Å². The number of carboxylic acids is 1. The summed E-state index contributed by atoms with van der Waals surface area (Å²) in [6.45, 7) is -1.01. The van der Waals surface area contributed by atoms with Crippen LogP contribution in [0.25, 0.3) is 0 Å². The predicted octanol–water partition coefficient (Wildman–Crippen LogP) is 2.02. The Balaban J connectivity index is 2.29. The second kappa shape index (κ2) is 9.41. The number of aliphatic carboxylic acids is 1. The van der Waals surface area contributed by atoms with Crippen molar-refractivity contribution >= 4 is 11.8 Å². The number of benzene rings is 1. The second-order valence-corrected chi connectivity index (χ2v) is 8.01. The van der Waals surface area contributed by atoms with Gasteiger partial charge in [-0.15, -0.1) is 0 Å². The first-order valence-corrected chi connectivity index (χ1v) is 10.3. The summed E-state index contributed by atoms with van der Waals surface area (Å²) < 4.78 is 54.9. The molecule has 1 aromatic heterocycles. The van der Waals surface area contributed by atoms with Gasteiger partial charge in [-0.3, -0.25) is 23.5 Å². The summed E-state index contributed by atoms with van der Waals surface area (Å²) in [5, 5.41) is 19.7. The molecule has 184 valence electrons. The number of ketones is 1. The molecule has 0 bridgehead atoms. The highest BCUT2D eigenvalue weighted by Gasteiger charge is 2.36. The fourth-order valence-electron chi connectivity index (χ4n) is 4.07. The van der Waals surface area contributed by atoms with Crippen molar-refractivity contribution in [2.24, 2.45) is 5.73 Å². The molecule has 13 heteroatoms. The molecule has 1 atom stereocenters. The first kappa shape index (κ1) is 25.1. The van der Waals surface area contributed by atoms with Gasteiger partial charge in [0.2, 0.25) is 11.7 Å². The van der Waals surface area contributed by atoms with E-state index in [-0.39, 0.29) is 6.07 Å². The molecule has 2 aromatic rings. The van der Waals surface area contributed by atoms with E-state index in [4.69, 9.17) is 10.8 Å². The zero-order valence-corrected chi connectivity index (χ0v) is 17.6. The van der Waals surface area contributed by atoms with Gasteiger partial charge in [0.25, 0.3) is 5.56 Å². The van der Waals surface area contributed by atoms with Crippen molar-refractivity contribution in [3.63, 3.8) is 0 Å². The van der Waals surface area contributed by atoms with Gasteiger partial charge in [0.1, 0.15) is 11.4 Å². The zero-order chi connectivity index (χ0) is 25.4. The molecule has 1 heterocycles. The number of halogens is 4. The lowest BCUT2D eigenvalue weighted by molar-refractivity contribution is -0.139. The van der Waals surface area contributed by atoms with Crippen molar-refractivity contribution in [2.45, 2.75) is 56.9 Å². The van der Waals surface area contributed by atoms with Crippen molar-refractivity contribution in [3.8, 4) is 5.88 Å². The summed E-state index contributed by atoms with van der Waals surface area (Å²) in [6.07, 6.45) is -2.17. The molecule has 0 saturated heterocycles. The zero-order valence-electron chi connectivity index (χ0n) is 17.6. The maximum absolute atomic E-state index is 13.5. The SMILES string of the molecule is NC(C(=O)O)C(=O)c1c(O)n(C2CCCCC2)c(=O)n(Cc2ccc(F)cc2C(F)(F)F)c1=O. The molecule has 0 radical (unpaired) electrons. The van der Waals surface area contributed by atoms with E-state index in [0.717, 1.165) is 17.1 Å². The Hall–Kier alpha value is -3.48. The van der Waals surface area contributed by atoms with Crippen molar-refractivity contribution in [2.75, 3.05) is 0 Å². The van der Waals surface area contributed by atoms with Gasteiger partial charge in [-0.05, 0) is 30.5 Å². The van der Waals surface area contributed by atoms with E-state index in [1.807, 2.05) is 0 Å². The summed E-state index contributed by atoms with van der Waals surface area (Å²) in [6, 6.07) is -1.29. The van der Waals surface area contributed by atoms with Crippen LogP contribution in [0.2, 0.25) is 0 Å². The summed E-state index contributed by atoms with van der Waals surface area (Å²) in [5.41, 5.74) is -0.580. The number of hydrogen-bond donors (Lipinski definition) is 3. The lowest BCUT2D eigenvalue weighted by Gasteiger charge is -2.26. The van der Waals surface area contributed by atoms with Gasteiger partial charge in [-0.25, -0.2) is 9.18 Å². The van der Waals surface area contributed by atoms with Gasteiger partial charge in [0.05, 0.1) is 12.1 Å². The number of Topliss-reactive ketones (excluding diaryl/α,β-unsaturated/α-hetero) is 1. The van der Waals surface area contributed by atoms with Crippen LogP contribution in [0.5, 0.6) is 5.88 Å². The number of nitrogens with zero attached hydrogens (tertiary/aromatic N) is 2. The standard InChI is InChI=1S/C21H21F4N3O6/c22-11-7-6-10(13(8-11)21(23,24)25)9-27-17(30)14(16(29)15(26)19(32)33)18(31)28(20(27)34)12-4-2-1-3-5-12/h6-8,12,15,31H,1-5,9,26H2,(H,32,33). The fraction of sp³-hybridized carbons (Fsp3) is 0.429. The highest BCUT2D eigenvalue weighted by atomic mass is 19.4. The van der Waals surface area contributed by atoms with Crippen molar-refractivity contribution in [1.29, 1.82) is 0 Å². The van der Waals surface area contributed by atoms with E-state index in [0.29, 0.717) is 36.3 Å². The molecule has 9 nitrogen and oxygen atoms in total. The topological polar surface area (TPSA) is 145 Å². The van der Waals surface area contributed by atoms with Crippen LogP contribution in [0.4, 0.5) is 17.6 Å². The number of nitrogens with two attached hydrogens (primary N) is 1. The third-order valence-corrected chi connectivity index (χ3v) is 5.79. The molecule has 1 fully saturated rings. The van der Waals surface area contributed by atoms with Crippen LogP contribution in [-0.2, 0) is 17.5 Å². The van der Waals surface area contributed by atoms with E-state index >= 15 is 0 Å². The minimum Gasteiger partial charge on any atom is -0.494 e. The molecule has 0 amide bonds. The van der Waals surface area contributed by atoms with Crippen molar-refractivity contribution in [3.05, 3.63) is 61.5 Å². The Labute approximate surface area is 189 Å². The van der Waals surface area contributed by atoms with Crippen LogP contribution in [0.1, 0.15) is 59.6 Å². The minimum absolute atomic E-state index is 0.201. The average Bonchev–Trinajstić information content (AvgIpc) is 2.76. The number of alkyl halides is 3. The first-order chi connectivity index (χ1) is 15.8. The van der Waals surface area contributed by atoms with Gasteiger partial charge in [0, 0.05) is 6.04 Å². The van der Waals surface area contributed by atoms with Crippen LogP contribution in [0.3, 0.4) is 0 Å². The molecule has 3 rings (SSSR count). The Morgan fingerprint density at radius 3 is 2.32 bits per heavy atom. The van der Waals surface area contributed by atoms with E-state index in [9.17, 15) is 41.8 Å².